The first kappa shape index (κ1) is 15.7. The molecule has 1 heterocycles. The molecule has 0 aromatic rings. The van der Waals surface area contributed by atoms with Crippen LogP contribution in [-0.4, -0.2) is 27.1 Å². The van der Waals surface area contributed by atoms with E-state index in [1.165, 1.54) is 0 Å². The summed E-state index contributed by atoms with van der Waals surface area (Å²) in [5.74, 6) is 0. The highest BCUT2D eigenvalue weighted by molar-refractivity contribution is 14.1. The second kappa shape index (κ2) is 6.17. The number of halogens is 1. The average Bonchev–Trinajstić information content (AvgIpc) is 2.19. The molecule has 0 amide bonds. The molecule has 1 fully saturated rings. The van der Waals surface area contributed by atoms with Crippen LogP contribution in [0.25, 0.3) is 0 Å². The number of ether oxygens (including phenoxy) is 1. The minimum absolute atomic E-state index is 0.148. The second-order valence-corrected chi connectivity index (χ2v) is 11.7. The third kappa shape index (κ3) is 4.33. The quantitative estimate of drug-likeness (QED) is 0.539. The Labute approximate surface area is 120 Å². The van der Waals surface area contributed by atoms with Crippen molar-refractivity contribution in [2.24, 2.45) is 0 Å². The maximum Gasteiger partial charge on any atom is 0.192 e. The highest BCUT2D eigenvalue weighted by Gasteiger charge is 2.41. The zero-order chi connectivity index (χ0) is 13.1. The Morgan fingerprint density at radius 3 is 2.53 bits per heavy atom. The van der Waals surface area contributed by atoms with Crippen LogP contribution in [0.1, 0.15) is 33.6 Å². The SMILES string of the molecule is CC(C)(C)[Si](C)(C)O[C@@H]1CCCO[C@H]1/C=C/I. The predicted octanol–water partition coefficient (Wildman–Crippen LogP) is 4.50. The number of hydrogen-bond donors (Lipinski definition) is 0. The molecule has 0 bridgehead atoms. The minimum atomic E-state index is -1.68. The van der Waals surface area contributed by atoms with Crippen molar-refractivity contribution in [2.45, 2.75) is 64.0 Å². The monoisotopic (exact) mass is 368 g/mol. The fourth-order valence-corrected chi connectivity index (χ4v) is 3.48. The fourth-order valence-electron chi connectivity index (χ4n) is 1.71. The van der Waals surface area contributed by atoms with E-state index in [1.54, 1.807) is 0 Å². The molecule has 0 unspecified atom stereocenters. The van der Waals surface area contributed by atoms with Gasteiger partial charge in [-0.05, 0) is 41.1 Å². The summed E-state index contributed by atoms with van der Waals surface area (Å²) in [5.41, 5.74) is 0. The van der Waals surface area contributed by atoms with Crippen LogP contribution in [-0.2, 0) is 9.16 Å². The van der Waals surface area contributed by atoms with Gasteiger partial charge in [0.05, 0.1) is 6.10 Å². The summed E-state index contributed by atoms with van der Waals surface area (Å²) in [6, 6.07) is 0. The van der Waals surface area contributed by atoms with Gasteiger partial charge in [0.2, 0.25) is 0 Å². The maximum atomic E-state index is 6.47. The van der Waals surface area contributed by atoms with Crippen molar-refractivity contribution in [3.63, 3.8) is 0 Å². The van der Waals surface area contributed by atoms with Crippen LogP contribution in [0.15, 0.2) is 10.2 Å². The summed E-state index contributed by atoms with van der Waals surface area (Å²) in [6.45, 7) is 12.3. The molecule has 0 N–H and O–H groups in total. The largest absolute Gasteiger partial charge is 0.411 e. The molecular weight excluding hydrogens is 343 g/mol. The molecular formula is C13H25IO2Si. The van der Waals surface area contributed by atoms with E-state index in [0.29, 0.717) is 0 Å². The van der Waals surface area contributed by atoms with E-state index in [9.17, 15) is 0 Å². The standard InChI is InChI=1S/C13H25IO2Si/c1-13(2,3)17(4,5)16-12-7-6-10-15-11(12)8-9-14/h8-9,11-12H,6-7,10H2,1-5H3/b9-8+/t11-,12+/m0/s1. The van der Waals surface area contributed by atoms with E-state index >= 15 is 0 Å². The second-order valence-electron chi connectivity index (χ2n) is 6.21. The van der Waals surface area contributed by atoms with E-state index in [0.717, 1.165) is 19.4 Å². The smallest absolute Gasteiger partial charge is 0.192 e. The highest BCUT2D eigenvalue weighted by atomic mass is 127. The molecule has 1 saturated heterocycles. The van der Waals surface area contributed by atoms with Gasteiger partial charge in [-0.25, -0.2) is 0 Å². The Balaban J connectivity index is 2.71. The van der Waals surface area contributed by atoms with Gasteiger partial charge in [0.15, 0.2) is 8.32 Å². The van der Waals surface area contributed by atoms with E-state index in [4.69, 9.17) is 9.16 Å². The van der Waals surface area contributed by atoms with Gasteiger partial charge in [-0.15, -0.1) is 0 Å². The van der Waals surface area contributed by atoms with Gasteiger partial charge < -0.3 is 9.16 Å². The van der Waals surface area contributed by atoms with E-state index in [1.807, 2.05) is 4.08 Å². The Morgan fingerprint density at radius 1 is 1.35 bits per heavy atom. The predicted molar refractivity (Wildman–Crippen MR) is 84.2 cm³/mol. The first-order chi connectivity index (χ1) is 7.78. The molecule has 0 saturated carbocycles. The molecule has 1 aliphatic rings. The Morgan fingerprint density at radius 2 is 2.00 bits per heavy atom. The summed E-state index contributed by atoms with van der Waals surface area (Å²) in [7, 11) is -1.68. The first-order valence-corrected chi connectivity index (χ1v) is 10.5. The van der Waals surface area contributed by atoms with Crippen LogP contribution in [0.5, 0.6) is 0 Å². The summed E-state index contributed by atoms with van der Waals surface area (Å²) in [4.78, 5) is 0. The summed E-state index contributed by atoms with van der Waals surface area (Å²) in [5, 5.41) is 0.267. The van der Waals surface area contributed by atoms with Crippen molar-refractivity contribution in [1.29, 1.82) is 0 Å². The van der Waals surface area contributed by atoms with Crippen molar-refractivity contribution in [2.75, 3.05) is 6.61 Å². The molecule has 100 valence electrons. The summed E-state index contributed by atoms with van der Waals surface area (Å²) < 4.78 is 14.3. The lowest BCUT2D eigenvalue weighted by Gasteiger charge is -2.42. The van der Waals surface area contributed by atoms with E-state index in [-0.39, 0.29) is 17.2 Å². The molecule has 17 heavy (non-hydrogen) atoms. The van der Waals surface area contributed by atoms with Crippen LogP contribution in [0, 0.1) is 0 Å². The molecule has 0 aliphatic carbocycles. The Hall–Kier alpha value is 0.607. The van der Waals surface area contributed by atoms with Gasteiger partial charge in [-0.1, -0.05) is 43.4 Å². The molecule has 0 aromatic carbocycles. The van der Waals surface area contributed by atoms with Gasteiger partial charge in [0.1, 0.15) is 6.10 Å². The van der Waals surface area contributed by atoms with Crippen molar-refractivity contribution >= 4 is 30.9 Å². The lowest BCUT2D eigenvalue weighted by molar-refractivity contribution is -0.0419. The molecule has 0 spiro atoms. The van der Waals surface area contributed by atoms with Crippen molar-refractivity contribution in [3.05, 3.63) is 10.2 Å². The van der Waals surface area contributed by atoms with E-state index < -0.39 is 8.32 Å². The molecule has 2 nitrogen and oxygen atoms in total. The van der Waals surface area contributed by atoms with Gasteiger partial charge in [0, 0.05) is 6.61 Å². The van der Waals surface area contributed by atoms with Crippen molar-refractivity contribution in [3.8, 4) is 0 Å². The van der Waals surface area contributed by atoms with Gasteiger partial charge in [0.25, 0.3) is 0 Å². The van der Waals surface area contributed by atoms with Crippen LogP contribution in [0.4, 0.5) is 0 Å². The van der Waals surface area contributed by atoms with Gasteiger partial charge in [-0.2, -0.15) is 0 Å². The van der Waals surface area contributed by atoms with Crippen molar-refractivity contribution < 1.29 is 9.16 Å². The zero-order valence-corrected chi connectivity index (χ0v) is 14.8. The normalized spacial score (nSPS) is 27.6. The maximum absolute atomic E-state index is 6.47. The minimum Gasteiger partial charge on any atom is -0.411 e. The third-order valence-electron chi connectivity index (χ3n) is 3.82. The average molecular weight is 368 g/mol. The fraction of sp³-hybridized carbons (Fsp3) is 0.846. The molecule has 1 aliphatic heterocycles. The van der Waals surface area contributed by atoms with Gasteiger partial charge >= 0.3 is 0 Å². The van der Waals surface area contributed by atoms with Crippen LogP contribution in [0.2, 0.25) is 18.1 Å². The molecule has 2 atom stereocenters. The third-order valence-corrected chi connectivity index (χ3v) is 8.74. The van der Waals surface area contributed by atoms with Gasteiger partial charge in [-0.3, -0.25) is 0 Å². The number of hydrogen-bond acceptors (Lipinski definition) is 2. The molecule has 0 radical (unpaired) electrons. The summed E-state index contributed by atoms with van der Waals surface area (Å²) >= 11 is 2.25. The molecule has 4 heteroatoms. The first-order valence-electron chi connectivity index (χ1n) is 6.34. The van der Waals surface area contributed by atoms with E-state index in [2.05, 4.69) is 62.5 Å². The van der Waals surface area contributed by atoms with Crippen molar-refractivity contribution in [1.82, 2.24) is 0 Å². The topological polar surface area (TPSA) is 18.5 Å². The zero-order valence-electron chi connectivity index (χ0n) is 11.6. The van der Waals surface area contributed by atoms with Crippen LogP contribution in [0.3, 0.4) is 0 Å². The van der Waals surface area contributed by atoms with Crippen LogP contribution >= 0.6 is 22.6 Å². The molecule has 0 aromatic heterocycles. The lowest BCUT2D eigenvalue weighted by Crippen LogP contribution is -2.48. The summed E-state index contributed by atoms with van der Waals surface area (Å²) in [6.07, 6.45) is 4.76. The van der Waals surface area contributed by atoms with Crippen LogP contribution < -0.4 is 0 Å². The Bertz CT molecular complexity index is 271. The lowest BCUT2D eigenvalue weighted by atomic mass is 10.1. The highest BCUT2D eigenvalue weighted by Crippen LogP contribution is 2.38. The Kier molecular flexibility index (Phi) is 5.68. The number of rotatable bonds is 3. The molecule has 1 rings (SSSR count).